The van der Waals surface area contributed by atoms with E-state index in [9.17, 15) is 8.42 Å². The Labute approximate surface area is 99.7 Å². The molecular formula is C11H12N2O3S. The van der Waals surface area contributed by atoms with E-state index in [0.717, 1.165) is 9.65 Å². The van der Waals surface area contributed by atoms with Crippen LogP contribution in [0.5, 0.6) is 5.75 Å². The molecule has 6 heteroatoms. The van der Waals surface area contributed by atoms with Gasteiger partial charge in [0, 0.05) is 6.20 Å². The van der Waals surface area contributed by atoms with Gasteiger partial charge in [-0.15, -0.1) is 0 Å². The predicted molar refractivity (Wildman–Crippen MR) is 62.5 cm³/mol. The van der Waals surface area contributed by atoms with Crippen molar-refractivity contribution >= 4 is 10.0 Å². The molecule has 0 spiro atoms. The van der Waals surface area contributed by atoms with Crippen LogP contribution in [0.15, 0.2) is 41.6 Å². The largest absolute Gasteiger partial charge is 0.497 e. The minimum atomic E-state index is -3.59. The predicted octanol–water partition coefficient (Wildman–Crippen LogP) is 1.44. The molecule has 0 bridgehead atoms. The molecule has 0 radical (unpaired) electrons. The number of ether oxygens (including phenoxy) is 1. The first kappa shape index (κ1) is 11.7. The molecule has 0 aliphatic rings. The molecule has 0 fully saturated rings. The number of aromatic nitrogens is 2. The number of aryl methyl sites for hydroxylation is 1. The van der Waals surface area contributed by atoms with E-state index >= 15 is 0 Å². The van der Waals surface area contributed by atoms with Crippen LogP contribution in [-0.2, 0) is 10.0 Å². The molecule has 0 amide bonds. The average Bonchev–Trinajstić information content (AvgIpc) is 2.77. The molecule has 1 aromatic carbocycles. The minimum absolute atomic E-state index is 0.182. The van der Waals surface area contributed by atoms with Crippen LogP contribution in [0.2, 0.25) is 0 Å². The topological polar surface area (TPSA) is 61.2 Å². The molecule has 2 aromatic rings. The van der Waals surface area contributed by atoms with Crippen LogP contribution in [0.1, 0.15) is 5.56 Å². The summed E-state index contributed by atoms with van der Waals surface area (Å²) in [5.74, 6) is 0.612. The van der Waals surface area contributed by atoms with Crippen molar-refractivity contribution in [2.45, 2.75) is 11.8 Å². The Morgan fingerprint density at radius 1 is 1.24 bits per heavy atom. The third kappa shape index (κ3) is 2.16. The summed E-state index contributed by atoms with van der Waals surface area (Å²) >= 11 is 0. The van der Waals surface area contributed by atoms with Crippen molar-refractivity contribution in [3.05, 3.63) is 42.2 Å². The summed E-state index contributed by atoms with van der Waals surface area (Å²) in [6.45, 7) is 1.78. The quantitative estimate of drug-likeness (QED) is 0.829. The standard InChI is InChI=1S/C11H12N2O3S/c1-9-7-12-13(8-9)17(14,15)11-5-3-10(16-2)4-6-11/h3-8H,1-2H3. The summed E-state index contributed by atoms with van der Waals surface area (Å²) in [6.07, 6.45) is 2.97. The summed E-state index contributed by atoms with van der Waals surface area (Å²) < 4.78 is 30.1. The highest BCUT2D eigenvalue weighted by Gasteiger charge is 2.17. The van der Waals surface area contributed by atoms with Gasteiger partial charge >= 0.3 is 0 Å². The second-order valence-electron chi connectivity index (χ2n) is 3.57. The first-order valence-electron chi connectivity index (χ1n) is 4.95. The van der Waals surface area contributed by atoms with Gasteiger partial charge in [0.05, 0.1) is 18.2 Å². The van der Waals surface area contributed by atoms with Crippen LogP contribution in [0.3, 0.4) is 0 Å². The van der Waals surface area contributed by atoms with Crippen LogP contribution in [0.4, 0.5) is 0 Å². The molecule has 0 saturated carbocycles. The van der Waals surface area contributed by atoms with Gasteiger partial charge in [-0.25, -0.2) is 0 Å². The number of rotatable bonds is 3. The van der Waals surface area contributed by atoms with E-state index in [0.29, 0.717) is 5.75 Å². The van der Waals surface area contributed by atoms with Crippen molar-refractivity contribution in [2.75, 3.05) is 7.11 Å². The van der Waals surface area contributed by atoms with Crippen molar-refractivity contribution in [1.82, 2.24) is 9.19 Å². The minimum Gasteiger partial charge on any atom is -0.497 e. The molecule has 5 nitrogen and oxygen atoms in total. The van der Waals surface area contributed by atoms with E-state index in [4.69, 9.17) is 4.74 Å². The molecular weight excluding hydrogens is 240 g/mol. The monoisotopic (exact) mass is 252 g/mol. The van der Waals surface area contributed by atoms with Crippen LogP contribution < -0.4 is 4.74 Å². The highest BCUT2D eigenvalue weighted by molar-refractivity contribution is 7.89. The zero-order valence-corrected chi connectivity index (χ0v) is 10.3. The number of hydrogen-bond donors (Lipinski definition) is 0. The summed E-state index contributed by atoms with van der Waals surface area (Å²) in [5.41, 5.74) is 0.794. The molecule has 1 aromatic heterocycles. The van der Waals surface area contributed by atoms with Crippen LogP contribution >= 0.6 is 0 Å². The van der Waals surface area contributed by atoms with Gasteiger partial charge in [0.25, 0.3) is 10.0 Å². The average molecular weight is 252 g/mol. The number of benzene rings is 1. The Morgan fingerprint density at radius 2 is 1.88 bits per heavy atom. The van der Waals surface area contributed by atoms with E-state index in [-0.39, 0.29) is 4.90 Å². The zero-order valence-electron chi connectivity index (χ0n) is 9.49. The Hall–Kier alpha value is -1.82. The zero-order chi connectivity index (χ0) is 12.5. The van der Waals surface area contributed by atoms with Crippen molar-refractivity contribution in [3.8, 4) is 5.75 Å². The number of hydrogen-bond acceptors (Lipinski definition) is 4. The number of methoxy groups -OCH3 is 1. The summed E-state index contributed by atoms with van der Waals surface area (Å²) in [5, 5.41) is 3.80. The summed E-state index contributed by atoms with van der Waals surface area (Å²) in [6, 6.07) is 6.18. The lowest BCUT2D eigenvalue weighted by atomic mass is 10.3. The van der Waals surface area contributed by atoms with Crippen molar-refractivity contribution in [2.24, 2.45) is 0 Å². The van der Waals surface area contributed by atoms with Gasteiger partial charge in [-0.1, -0.05) is 0 Å². The maximum atomic E-state index is 12.1. The molecule has 17 heavy (non-hydrogen) atoms. The Balaban J connectivity index is 2.44. The molecule has 0 saturated heterocycles. The highest BCUT2D eigenvalue weighted by atomic mass is 32.2. The van der Waals surface area contributed by atoms with Gasteiger partial charge < -0.3 is 4.74 Å². The van der Waals surface area contributed by atoms with E-state index in [1.165, 1.54) is 31.6 Å². The molecule has 0 aliphatic carbocycles. The normalized spacial score (nSPS) is 11.4. The first-order valence-corrected chi connectivity index (χ1v) is 6.39. The Bertz CT molecular complexity index is 614. The lowest BCUT2D eigenvalue weighted by Crippen LogP contribution is -2.13. The van der Waals surface area contributed by atoms with Gasteiger partial charge in [-0.3, -0.25) is 0 Å². The van der Waals surface area contributed by atoms with Crippen LogP contribution in [-0.4, -0.2) is 24.7 Å². The van der Waals surface area contributed by atoms with Gasteiger partial charge in [0.15, 0.2) is 0 Å². The fraction of sp³-hybridized carbons (Fsp3) is 0.182. The van der Waals surface area contributed by atoms with E-state index in [1.807, 2.05) is 0 Å². The molecule has 0 N–H and O–H groups in total. The summed E-state index contributed by atoms with van der Waals surface area (Å²) in [7, 11) is -2.06. The smallest absolute Gasteiger partial charge is 0.282 e. The third-order valence-corrected chi connectivity index (χ3v) is 3.85. The van der Waals surface area contributed by atoms with Crippen molar-refractivity contribution in [1.29, 1.82) is 0 Å². The van der Waals surface area contributed by atoms with Gasteiger partial charge in [-0.2, -0.15) is 17.6 Å². The second kappa shape index (κ2) is 4.21. The summed E-state index contributed by atoms with van der Waals surface area (Å²) in [4.78, 5) is 0.182. The van der Waals surface area contributed by atoms with Crippen molar-refractivity contribution in [3.63, 3.8) is 0 Å². The third-order valence-electron chi connectivity index (χ3n) is 2.29. The number of nitrogens with zero attached hydrogens (tertiary/aromatic N) is 2. The van der Waals surface area contributed by atoms with Gasteiger partial charge in [0.1, 0.15) is 5.75 Å². The molecule has 0 unspecified atom stereocenters. The Kier molecular flexibility index (Phi) is 2.89. The van der Waals surface area contributed by atoms with E-state index in [1.54, 1.807) is 19.1 Å². The molecule has 0 atom stereocenters. The van der Waals surface area contributed by atoms with E-state index < -0.39 is 10.0 Å². The SMILES string of the molecule is COc1ccc(S(=O)(=O)n2cc(C)cn2)cc1. The fourth-order valence-corrected chi connectivity index (χ4v) is 2.55. The Morgan fingerprint density at radius 3 is 2.35 bits per heavy atom. The first-order chi connectivity index (χ1) is 8.04. The van der Waals surface area contributed by atoms with Gasteiger partial charge in [-0.05, 0) is 36.8 Å². The molecule has 0 aliphatic heterocycles. The fourth-order valence-electron chi connectivity index (χ4n) is 1.38. The van der Waals surface area contributed by atoms with Crippen LogP contribution in [0, 0.1) is 6.92 Å². The lowest BCUT2D eigenvalue weighted by molar-refractivity contribution is 0.414. The highest BCUT2D eigenvalue weighted by Crippen LogP contribution is 2.17. The maximum absolute atomic E-state index is 12.1. The second-order valence-corrected chi connectivity index (χ2v) is 5.37. The molecule has 1 heterocycles. The maximum Gasteiger partial charge on any atom is 0.282 e. The van der Waals surface area contributed by atoms with Gasteiger partial charge in [0.2, 0.25) is 0 Å². The van der Waals surface area contributed by atoms with Crippen molar-refractivity contribution < 1.29 is 13.2 Å². The van der Waals surface area contributed by atoms with Crippen LogP contribution in [0.25, 0.3) is 0 Å². The van der Waals surface area contributed by atoms with E-state index in [2.05, 4.69) is 5.10 Å². The lowest BCUT2D eigenvalue weighted by Gasteiger charge is -2.05. The molecule has 90 valence electrons. The molecule has 2 rings (SSSR count).